The van der Waals surface area contributed by atoms with Gasteiger partial charge in [-0.15, -0.1) is 11.3 Å². The molecule has 0 bridgehead atoms. The molecule has 10 aromatic rings. The summed E-state index contributed by atoms with van der Waals surface area (Å²) in [6.07, 6.45) is 0. The van der Waals surface area contributed by atoms with Crippen molar-refractivity contribution in [2.75, 3.05) is 0 Å². The first-order valence-electron chi connectivity index (χ1n) is 15.9. The van der Waals surface area contributed by atoms with Crippen LogP contribution in [0.4, 0.5) is 0 Å². The Bertz CT molecular complexity index is 2850. The van der Waals surface area contributed by atoms with Gasteiger partial charge in [0.1, 0.15) is 11.2 Å². The maximum atomic E-state index is 6.52. The highest BCUT2D eigenvalue weighted by Crippen LogP contribution is 2.41. The van der Waals surface area contributed by atoms with Gasteiger partial charge in [-0.2, -0.15) is 0 Å². The highest BCUT2D eigenvalue weighted by atomic mass is 32.1. The molecule has 4 nitrogen and oxygen atoms in total. The maximum Gasteiger partial charge on any atom is 0.165 e. The fourth-order valence-corrected chi connectivity index (χ4v) is 8.03. The molecule has 0 amide bonds. The number of rotatable bonds is 4. The van der Waals surface area contributed by atoms with Crippen LogP contribution in [-0.4, -0.2) is 15.0 Å². The summed E-state index contributed by atoms with van der Waals surface area (Å²) in [5, 5.41) is 6.92. The summed E-state index contributed by atoms with van der Waals surface area (Å²) < 4.78 is 8.93. The largest absolute Gasteiger partial charge is 0.456 e. The molecule has 0 saturated carbocycles. The van der Waals surface area contributed by atoms with E-state index in [1.807, 2.05) is 42.5 Å². The Balaban J connectivity index is 1.18. The summed E-state index contributed by atoms with van der Waals surface area (Å²) in [5.41, 5.74) is 6.74. The zero-order valence-electron chi connectivity index (χ0n) is 25.6. The van der Waals surface area contributed by atoms with E-state index in [9.17, 15) is 0 Å². The Hall–Kier alpha value is -6.17. The normalized spacial score (nSPS) is 11.8. The first-order valence-corrected chi connectivity index (χ1v) is 16.8. The van der Waals surface area contributed by atoms with Crippen LogP contribution < -0.4 is 0 Å². The lowest BCUT2D eigenvalue weighted by atomic mass is 9.99. The van der Waals surface area contributed by atoms with Crippen molar-refractivity contribution in [1.29, 1.82) is 0 Å². The Morgan fingerprint density at radius 3 is 2.02 bits per heavy atom. The van der Waals surface area contributed by atoms with Crippen LogP contribution in [0.25, 0.3) is 98.2 Å². The Labute approximate surface area is 279 Å². The van der Waals surface area contributed by atoms with Gasteiger partial charge >= 0.3 is 0 Å². The van der Waals surface area contributed by atoms with E-state index in [2.05, 4.69) is 109 Å². The molecular weight excluding hydrogens is 607 g/mol. The van der Waals surface area contributed by atoms with Gasteiger partial charge in [0.25, 0.3) is 0 Å². The van der Waals surface area contributed by atoms with Gasteiger partial charge in [-0.25, -0.2) is 15.0 Å². The van der Waals surface area contributed by atoms with Crippen LogP contribution in [0, 0.1) is 0 Å². The van der Waals surface area contributed by atoms with E-state index in [1.165, 1.54) is 30.9 Å². The van der Waals surface area contributed by atoms with Crippen LogP contribution >= 0.6 is 11.3 Å². The SMILES string of the molecule is c1ccc(-c2nc(-c3cccc4c3sc3ccccc34)nc(-c3cccc4oc5cc(-c6ccc7ccccc7c6)ccc5c34)n2)cc1. The number of aromatic nitrogens is 3. The van der Waals surface area contributed by atoms with Crippen molar-refractivity contribution in [2.24, 2.45) is 0 Å². The van der Waals surface area contributed by atoms with Gasteiger partial charge in [0.2, 0.25) is 0 Å². The van der Waals surface area contributed by atoms with E-state index < -0.39 is 0 Å². The standard InChI is InChI=1S/C43H25N3OS/c1-2-11-27(12-3-1)41-44-42(46-43(45-41)35-17-8-15-32-31-14-6-7-19-38(31)48-40(32)35)34-16-9-18-36-39(34)33-23-22-30(25-37(33)47-36)29-21-20-26-10-4-5-13-28(26)24-29/h1-25H. The summed E-state index contributed by atoms with van der Waals surface area (Å²) in [6.45, 7) is 0. The zero-order chi connectivity index (χ0) is 31.6. The third-order valence-corrected chi connectivity index (χ3v) is 10.4. The van der Waals surface area contributed by atoms with Gasteiger partial charge in [-0.05, 0) is 58.3 Å². The van der Waals surface area contributed by atoms with E-state index in [0.29, 0.717) is 17.5 Å². The van der Waals surface area contributed by atoms with Crippen molar-refractivity contribution >= 4 is 64.2 Å². The molecule has 0 radical (unpaired) electrons. The molecule has 0 N–H and O–H groups in total. The molecule has 5 heteroatoms. The van der Waals surface area contributed by atoms with Gasteiger partial charge in [0, 0.05) is 47.6 Å². The lowest BCUT2D eigenvalue weighted by Gasteiger charge is -2.10. The average Bonchev–Trinajstić information content (AvgIpc) is 3.73. The molecule has 0 spiro atoms. The number of furan rings is 1. The number of fused-ring (bicyclic) bond motifs is 7. The molecule has 10 rings (SSSR count). The van der Waals surface area contributed by atoms with E-state index in [0.717, 1.165) is 49.8 Å². The third-order valence-electron chi connectivity index (χ3n) is 9.13. The van der Waals surface area contributed by atoms with E-state index in [4.69, 9.17) is 19.4 Å². The number of hydrogen-bond donors (Lipinski definition) is 0. The predicted octanol–water partition coefficient (Wildman–Crippen LogP) is 12.0. The van der Waals surface area contributed by atoms with Crippen molar-refractivity contribution in [3.8, 4) is 45.3 Å². The molecule has 0 fully saturated rings. The Kier molecular flexibility index (Phi) is 6.01. The topological polar surface area (TPSA) is 51.8 Å². The summed E-state index contributed by atoms with van der Waals surface area (Å²) in [6, 6.07) is 52.7. The van der Waals surface area contributed by atoms with Crippen LogP contribution in [0.1, 0.15) is 0 Å². The molecular formula is C43H25N3OS. The van der Waals surface area contributed by atoms with Crippen molar-refractivity contribution in [1.82, 2.24) is 15.0 Å². The zero-order valence-corrected chi connectivity index (χ0v) is 26.4. The van der Waals surface area contributed by atoms with Crippen LogP contribution in [0.3, 0.4) is 0 Å². The summed E-state index contributed by atoms with van der Waals surface area (Å²) in [4.78, 5) is 15.4. The second kappa shape index (κ2) is 10.7. The van der Waals surface area contributed by atoms with Gasteiger partial charge < -0.3 is 4.42 Å². The number of benzene rings is 7. The molecule has 0 aliphatic carbocycles. The number of thiophene rings is 1. The minimum atomic E-state index is 0.615. The first-order chi connectivity index (χ1) is 23.8. The third kappa shape index (κ3) is 4.33. The minimum absolute atomic E-state index is 0.615. The molecule has 0 unspecified atom stereocenters. The fourth-order valence-electron chi connectivity index (χ4n) is 6.82. The lowest BCUT2D eigenvalue weighted by molar-refractivity contribution is 0.669. The summed E-state index contributed by atoms with van der Waals surface area (Å²) >= 11 is 1.78. The molecule has 7 aromatic carbocycles. The Morgan fingerprint density at radius 1 is 0.417 bits per heavy atom. The minimum Gasteiger partial charge on any atom is -0.456 e. The maximum absolute atomic E-state index is 6.52. The van der Waals surface area contributed by atoms with Crippen LogP contribution in [0.2, 0.25) is 0 Å². The second-order valence-corrected chi connectivity index (χ2v) is 13.1. The van der Waals surface area contributed by atoms with E-state index in [-0.39, 0.29) is 0 Å². The molecule has 0 saturated heterocycles. The van der Waals surface area contributed by atoms with Gasteiger partial charge in [-0.3, -0.25) is 0 Å². The number of hydrogen-bond acceptors (Lipinski definition) is 5. The quantitative estimate of drug-likeness (QED) is 0.194. The van der Waals surface area contributed by atoms with Gasteiger partial charge in [-0.1, -0.05) is 115 Å². The molecule has 224 valence electrons. The van der Waals surface area contributed by atoms with Crippen LogP contribution in [-0.2, 0) is 0 Å². The molecule has 0 aliphatic rings. The van der Waals surface area contributed by atoms with Crippen molar-refractivity contribution in [2.45, 2.75) is 0 Å². The summed E-state index contributed by atoms with van der Waals surface area (Å²) in [7, 11) is 0. The van der Waals surface area contributed by atoms with Crippen molar-refractivity contribution in [3.05, 3.63) is 152 Å². The van der Waals surface area contributed by atoms with Crippen LogP contribution in [0.5, 0.6) is 0 Å². The van der Waals surface area contributed by atoms with Crippen molar-refractivity contribution < 1.29 is 4.42 Å². The monoisotopic (exact) mass is 631 g/mol. The molecule has 3 heterocycles. The molecule has 0 aliphatic heterocycles. The first kappa shape index (κ1) is 27.0. The van der Waals surface area contributed by atoms with Gasteiger partial charge in [0.15, 0.2) is 17.5 Å². The lowest BCUT2D eigenvalue weighted by Crippen LogP contribution is -2.00. The molecule has 3 aromatic heterocycles. The Morgan fingerprint density at radius 2 is 1.10 bits per heavy atom. The molecule has 48 heavy (non-hydrogen) atoms. The second-order valence-electron chi connectivity index (χ2n) is 12.0. The van der Waals surface area contributed by atoms with Crippen LogP contribution in [0.15, 0.2) is 156 Å². The predicted molar refractivity (Wildman–Crippen MR) is 199 cm³/mol. The number of nitrogens with zero attached hydrogens (tertiary/aromatic N) is 3. The van der Waals surface area contributed by atoms with Crippen molar-refractivity contribution in [3.63, 3.8) is 0 Å². The van der Waals surface area contributed by atoms with E-state index >= 15 is 0 Å². The average molecular weight is 632 g/mol. The highest BCUT2D eigenvalue weighted by molar-refractivity contribution is 7.26. The van der Waals surface area contributed by atoms with E-state index in [1.54, 1.807) is 11.3 Å². The molecule has 0 atom stereocenters. The highest BCUT2D eigenvalue weighted by Gasteiger charge is 2.20. The fraction of sp³-hybridized carbons (Fsp3) is 0. The summed E-state index contributed by atoms with van der Waals surface area (Å²) in [5.74, 6) is 1.90. The van der Waals surface area contributed by atoms with Gasteiger partial charge in [0.05, 0.1) is 0 Å². The smallest absolute Gasteiger partial charge is 0.165 e.